The van der Waals surface area contributed by atoms with Gasteiger partial charge in [-0.15, -0.1) is 0 Å². The highest BCUT2D eigenvalue weighted by Gasteiger charge is 2.54. The lowest BCUT2D eigenvalue weighted by Crippen LogP contribution is -2.31. The second kappa shape index (κ2) is 11.5. The van der Waals surface area contributed by atoms with E-state index in [1.54, 1.807) is 17.8 Å². The van der Waals surface area contributed by atoms with Crippen LogP contribution in [-0.4, -0.2) is 100 Å². The molecule has 4 fully saturated rings. The van der Waals surface area contributed by atoms with Gasteiger partial charge in [0.25, 0.3) is 0 Å². The van der Waals surface area contributed by atoms with E-state index in [2.05, 4.69) is 49.1 Å². The van der Waals surface area contributed by atoms with Gasteiger partial charge >= 0.3 is 0 Å². The van der Waals surface area contributed by atoms with Gasteiger partial charge in [0.15, 0.2) is 0 Å². The van der Waals surface area contributed by atoms with Crippen molar-refractivity contribution in [3.05, 3.63) is 66.2 Å². The van der Waals surface area contributed by atoms with E-state index in [1.165, 1.54) is 12.0 Å². The smallest absolute Gasteiger partial charge is 0.212 e. The minimum absolute atomic E-state index is 0.136. The van der Waals surface area contributed by atoms with Crippen LogP contribution in [0.4, 0.5) is 5.82 Å². The van der Waals surface area contributed by atoms with E-state index in [9.17, 15) is 10.4 Å². The van der Waals surface area contributed by atoms with Crippen LogP contribution >= 0.6 is 0 Å². The molecule has 11 nitrogen and oxygen atoms in total. The van der Waals surface area contributed by atoms with Crippen molar-refractivity contribution in [2.45, 2.75) is 38.3 Å². The van der Waals surface area contributed by atoms with Gasteiger partial charge in [-0.3, -0.25) is 9.80 Å². The monoisotopic (exact) mass is 620 g/mol. The third-order valence-corrected chi connectivity index (χ3v) is 10.7. The first kappa shape index (κ1) is 29.2. The van der Waals surface area contributed by atoms with Crippen molar-refractivity contribution in [3.8, 4) is 28.8 Å². The second-order valence-electron chi connectivity index (χ2n) is 13.8. The average Bonchev–Trinajstić information content (AvgIpc) is 3.36. The molecule has 4 aliphatic rings. The first-order chi connectivity index (χ1) is 22.4. The van der Waals surface area contributed by atoms with E-state index in [-0.39, 0.29) is 16.9 Å². The molecule has 4 aromatic heterocycles. The van der Waals surface area contributed by atoms with Crippen molar-refractivity contribution >= 4 is 11.3 Å². The summed E-state index contributed by atoms with van der Waals surface area (Å²) in [7, 11) is 1.64. The van der Waals surface area contributed by atoms with Gasteiger partial charge in [0.1, 0.15) is 24.2 Å². The molecular formula is C35H40N8O3. The number of likely N-dealkylation sites (tertiary alicyclic amines) is 2. The van der Waals surface area contributed by atoms with Crippen LogP contribution in [0, 0.1) is 22.2 Å². The summed E-state index contributed by atoms with van der Waals surface area (Å²) in [5, 5.41) is 24.7. The molecule has 2 spiro atoms. The third-order valence-electron chi connectivity index (χ3n) is 10.7. The van der Waals surface area contributed by atoms with E-state index in [0.29, 0.717) is 30.3 Å². The summed E-state index contributed by atoms with van der Waals surface area (Å²) in [6.07, 6.45) is 11.6. The molecule has 3 saturated heterocycles. The maximum absolute atomic E-state index is 10.4. The zero-order valence-corrected chi connectivity index (χ0v) is 26.3. The molecule has 1 aliphatic carbocycles. The predicted octanol–water partition coefficient (Wildman–Crippen LogP) is 3.61. The number of anilines is 1. The van der Waals surface area contributed by atoms with Crippen LogP contribution in [0.5, 0.6) is 11.6 Å². The molecule has 8 rings (SSSR count). The van der Waals surface area contributed by atoms with E-state index in [1.807, 2.05) is 30.7 Å². The van der Waals surface area contributed by atoms with Crippen LogP contribution in [0.25, 0.3) is 16.6 Å². The maximum Gasteiger partial charge on any atom is 0.212 e. The Bertz CT molecular complexity index is 1760. The summed E-state index contributed by atoms with van der Waals surface area (Å²) in [6.45, 7) is 8.01. The van der Waals surface area contributed by atoms with E-state index in [0.717, 1.165) is 87.5 Å². The molecule has 2 unspecified atom stereocenters. The number of aromatic nitrogens is 4. The summed E-state index contributed by atoms with van der Waals surface area (Å²) in [5.41, 5.74) is 4.69. The molecule has 11 heteroatoms. The Morgan fingerprint density at radius 3 is 2.63 bits per heavy atom. The number of ether oxygens (including phenoxy) is 2. The zero-order valence-electron chi connectivity index (χ0n) is 26.3. The lowest BCUT2D eigenvalue weighted by Gasteiger charge is -2.25. The first-order valence-corrected chi connectivity index (χ1v) is 16.3. The van der Waals surface area contributed by atoms with Gasteiger partial charge < -0.3 is 19.5 Å². The standard InChI is InChI=1S/C35H40N8O3/c1-45-32-5-2-25(16-38-32)19-40-10-8-34(22-40)9-11-42(23-34)31-4-3-26(17-37-31)29-14-28(20-43-33(29)27(15-36)18-39-43)46-13-12-41-21-30(44)35(24-41)6-7-35/h2-5,14,16-18,20,30,44H,6-13,19,21-24H2,1H3. The zero-order chi connectivity index (χ0) is 31.3. The van der Waals surface area contributed by atoms with E-state index >= 15 is 0 Å². The SMILES string of the molecule is COc1ccc(CN2CCC3(CCN(c4ccc(-c5cc(OCCN6CC(O)C7(CC7)C6)cn6ncc(C#N)c56)cn4)C3)C2)cn1. The molecule has 0 radical (unpaired) electrons. The Balaban J connectivity index is 0.941. The molecule has 1 N–H and O–H groups in total. The molecule has 46 heavy (non-hydrogen) atoms. The number of hydrogen-bond acceptors (Lipinski definition) is 10. The van der Waals surface area contributed by atoms with Crippen molar-refractivity contribution < 1.29 is 14.6 Å². The van der Waals surface area contributed by atoms with Gasteiger partial charge in [-0.25, -0.2) is 14.5 Å². The predicted molar refractivity (Wildman–Crippen MR) is 173 cm³/mol. The van der Waals surface area contributed by atoms with Crippen molar-refractivity contribution in [2.75, 3.05) is 64.4 Å². The molecule has 3 aliphatic heterocycles. The molecule has 238 valence electrons. The number of pyridine rings is 3. The van der Waals surface area contributed by atoms with Crippen LogP contribution in [0.15, 0.2) is 55.1 Å². The van der Waals surface area contributed by atoms with Gasteiger partial charge in [-0.05, 0) is 56.0 Å². The number of methoxy groups -OCH3 is 1. The largest absolute Gasteiger partial charge is 0.491 e. The van der Waals surface area contributed by atoms with Crippen molar-refractivity contribution in [2.24, 2.45) is 10.8 Å². The summed E-state index contributed by atoms with van der Waals surface area (Å²) in [5.74, 6) is 2.32. The van der Waals surface area contributed by atoms with Gasteiger partial charge in [0, 0.05) is 86.2 Å². The number of aliphatic hydroxyl groups is 1. The fraction of sp³-hybridized carbons (Fsp3) is 0.486. The number of hydrogen-bond donors (Lipinski definition) is 1. The van der Waals surface area contributed by atoms with Crippen molar-refractivity contribution in [3.63, 3.8) is 0 Å². The number of rotatable bonds is 9. The summed E-state index contributed by atoms with van der Waals surface area (Å²) in [4.78, 5) is 16.5. The number of nitrogens with zero attached hydrogens (tertiary/aromatic N) is 8. The lowest BCUT2D eigenvalue weighted by molar-refractivity contribution is 0.130. The molecule has 0 bridgehead atoms. The molecule has 7 heterocycles. The van der Waals surface area contributed by atoms with Gasteiger partial charge in [0.05, 0.1) is 36.7 Å². The minimum atomic E-state index is -0.221. The minimum Gasteiger partial charge on any atom is -0.491 e. The van der Waals surface area contributed by atoms with Crippen LogP contribution in [0.3, 0.4) is 0 Å². The van der Waals surface area contributed by atoms with Gasteiger partial charge in [0.2, 0.25) is 5.88 Å². The Morgan fingerprint density at radius 2 is 1.89 bits per heavy atom. The van der Waals surface area contributed by atoms with Crippen LogP contribution < -0.4 is 14.4 Å². The normalized spacial score (nSPS) is 23.9. The highest BCUT2D eigenvalue weighted by atomic mass is 16.5. The summed E-state index contributed by atoms with van der Waals surface area (Å²) >= 11 is 0. The van der Waals surface area contributed by atoms with Crippen molar-refractivity contribution in [1.29, 1.82) is 5.26 Å². The number of fused-ring (bicyclic) bond motifs is 1. The third kappa shape index (κ3) is 5.44. The Morgan fingerprint density at radius 1 is 1.00 bits per heavy atom. The number of aliphatic hydroxyl groups excluding tert-OH is 1. The molecule has 0 amide bonds. The van der Waals surface area contributed by atoms with E-state index in [4.69, 9.17) is 14.5 Å². The van der Waals surface area contributed by atoms with Gasteiger partial charge in [-0.1, -0.05) is 6.07 Å². The Kier molecular flexibility index (Phi) is 7.31. The summed E-state index contributed by atoms with van der Waals surface area (Å²) < 4.78 is 13.1. The molecule has 4 aromatic rings. The maximum atomic E-state index is 10.4. The quantitative estimate of drug-likeness (QED) is 0.298. The van der Waals surface area contributed by atoms with Crippen molar-refractivity contribution in [1.82, 2.24) is 29.4 Å². The highest BCUT2D eigenvalue weighted by Crippen LogP contribution is 2.52. The van der Waals surface area contributed by atoms with Gasteiger partial charge in [-0.2, -0.15) is 10.4 Å². The molecular weight excluding hydrogens is 580 g/mol. The number of nitriles is 1. The molecule has 1 saturated carbocycles. The van der Waals surface area contributed by atoms with Crippen LogP contribution in [0.1, 0.15) is 36.8 Å². The lowest BCUT2D eigenvalue weighted by atomic mass is 9.86. The topological polar surface area (TPSA) is 115 Å². The molecule has 2 atom stereocenters. The average molecular weight is 621 g/mol. The highest BCUT2D eigenvalue weighted by molar-refractivity contribution is 5.85. The Hall–Kier alpha value is -4.24. The van der Waals surface area contributed by atoms with Crippen LogP contribution in [-0.2, 0) is 6.54 Å². The first-order valence-electron chi connectivity index (χ1n) is 16.3. The Labute approximate surface area is 269 Å². The van der Waals surface area contributed by atoms with Crippen LogP contribution in [0.2, 0.25) is 0 Å². The number of β-amino-alcohol motifs (C(OH)–C–C–N with tert-alkyl or cyclic N) is 1. The second-order valence-corrected chi connectivity index (χ2v) is 13.8. The fourth-order valence-corrected chi connectivity index (χ4v) is 7.89. The fourth-order valence-electron chi connectivity index (χ4n) is 7.89. The summed E-state index contributed by atoms with van der Waals surface area (Å²) in [6, 6.07) is 12.5. The van der Waals surface area contributed by atoms with E-state index < -0.39 is 0 Å². The molecule has 0 aromatic carbocycles.